The number of hydrogen-bond donors (Lipinski definition) is 1. The van der Waals surface area contributed by atoms with Crippen LogP contribution in [-0.2, 0) is 10.0 Å². The summed E-state index contributed by atoms with van der Waals surface area (Å²) in [6, 6.07) is 0.179. The topological polar surface area (TPSA) is 49.4 Å². The third-order valence-corrected chi connectivity index (χ3v) is 5.54. The fourth-order valence-corrected chi connectivity index (χ4v) is 4.34. The van der Waals surface area contributed by atoms with Crippen molar-refractivity contribution < 1.29 is 8.42 Å². The second kappa shape index (κ2) is 5.67. The Labute approximate surface area is 105 Å². The van der Waals surface area contributed by atoms with E-state index >= 15 is 0 Å². The molecular formula is C12H24N2O2S. The molecule has 100 valence electrons. The molecule has 1 heterocycles. The van der Waals surface area contributed by atoms with Gasteiger partial charge in [0.05, 0.1) is 5.75 Å². The lowest BCUT2D eigenvalue weighted by Gasteiger charge is -2.23. The van der Waals surface area contributed by atoms with E-state index in [0.717, 1.165) is 32.4 Å². The molecule has 0 aromatic heterocycles. The minimum Gasteiger partial charge on any atom is -0.313 e. The maximum absolute atomic E-state index is 12.3. The van der Waals surface area contributed by atoms with E-state index in [1.165, 1.54) is 12.8 Å². The summed E-state index contributed by atoms with van der Waals surface area (Å²) in [5.74, 6) is 0.924. The first-order valence-electron chi connectivity index (χ1n) is 6.83. The molecule has 2 rings (SSSR count). The summed E-state index contributed by atoms with van der Waals surface area (Å²) in [6.45, 7) is 4.45. The average Bonchev–Trinajstić information content (AvgIpc) is 2.94. The molecule has 1 aliphatic heterocycles. The Hall–Kier alpha value is -0.130. The van der Waals surface area contributed by atoms with Crippen LogP contribution in [0.5, 0.6) is 0 Å². The van der Waals surface area contributed by atoms with Crippen LogP contribution in [0, 0.1) is 5.92 Å². The largest absolute Gasteiger partial charge is 0.313 e. The molecule has 1 saturated heterocycles. The van der Waals surface area contributed by atoms with Gasteiger partial charge in [-0.2, -0.15) is 0 Å². The lowest BCUT2D eigenvalue weighted by molar-refractivity contribution is 0.392. The highest BCUT2D eigenvalue weighted by atomic mass is 32.2. The highest BCUT2D eigenvalue weighted by Crippen LogP contribution is 2.30. The number of nitrogens with zero attached hydrogens (tertiary/aromatic N) is 1. The van der Waals surface area contributed by atoms with Crippen molar-refractivity contribution in [2.75, 3.05) is 25.4 Å². The second-order valence-corrected chi connectivity index (χ2v) is 7.39. The second-order valence-electron chi connectivity index (χ2n) is 5.37. The summed E-state index contributed by atoms with van der Waals surface area (Å²) < 4.78 is 26.4. The molecule has 0 amide bonds. The van der Waals surface area contributed by atoms with E-state index in [4.69, 9.17) is 0 Å². The van der Waals surface area contributed by atoms with Crippen molar-refractivity contribution in [1.29, 1.82) is 0 Å². The van der Waals surface area contributed by atoms with Crippen LogP contribution >= 0.6 is 0 Å². The van der Waals surface area contributed by atoms with Crippen molar-refractivity contribution in [2.45, 2.75) is 45.1 Å². The summed E-state index contributed by atoms with van der Waals surface area (Å²) in [5.41, 5.74) is 0. The SMILES string of the molecule is CCCN(CC1CC1)S(=O)(=O)CC1CCCN1. The zero-order chi connectivity index (χ0) is 12.3. The molecule has 1 aliphatic carbocycles. The van der Waals surface area contributed by atoms with Crippen LogP contribution in [0.1, 0.15) is 39.0 Å². The van der Waals surface area contributed by atoms with E-state index in [2.05, 4.69) is 5.32 Å². The molecule has 2 aliphatic rings. The highest BCUT2D eigenvalue weighted by molar-refractivity contribution is 7.89. The van der Waals surface area contributed by atoms with Gasteiger partial charge in [0.1, 0.15) is 0 Å². The fourth-order valence-electron chi connectivity index (χ4n) is 2.44. The maximum atomic E-state index is 12.3. The van der Waals surface area contributed by atoms with Crippen LogP contribution in [0.3, 0.4) is 0 Å². The van der Waals surface area contributed by atoms with Crippen molar-refractivity contribution in [3.8, 4) is 0 Å². The third kappa shape index (κ3) is 3.93. The first kappa shape index (κ1) is 13.3. The molecule has 1 N–H and O–H groups in total. The van der Waals surface area contributed by atoms with E-state index in [0.29, 0.717) is 18.2 Å². The van der Waals surface area contributed by atoms with Gasteiger partial charge in [-0.25, -0.2) is 12.7 Å². The molecule has 0 aromatic rings. The number of nitrogens with one attached hydrogen (secondary N) is 1. The van der Waals surface area contributed by atoms with E-state index in [1.54, 1.807) is 4.31 Å². The Morgan fingerprint density at radius 2 is 2.06 bits per heavy atom. The lowest BCUT2D eigenvalue weighted by atomic mass is 10.3. The van der Waals surface area contributed by atoms with Gasteiger partial charge in [0.25, 0.3) is 0 Å². The van der Waals surface area contributed by atoms with E-state index < -0.39 is 10.0 Å². The summed E-state index contributed by atoms with van der Waals surface area (Å²) in [6.07, 6.45) is 5.43. The van der Waals surface area contributed by atoms with Crippen LogP contribution in [0.2, 0.25) is 0 Å². The predicted octanol–water partition coefficient (Wildman–Crippen LogP) is 1.19. The Kier molecular flexibility index (Phi) is 4.44. The lowest BCUT2D eigenvalue weighted by Crippen LogP contribution is -2.41. The first-order chi connectivity index (χ1) is 8.12. The van der Waals surface area contributed by atoms with Crippen molar-refractivity contribution in [3.63, 3.8) is 0 Å². The van der Waals surface area contributed by atoms with Gasteiger partial charge in [0, 0.05) is 19.1 Å². The zero-order valence-electron chi connectivity index (χ0n) is 10.7. The van der Waals surface area contributed by atoms with Gasteiger partial charge in [0.2, 0.25) is 10.0 Å². The molecule has 1 atom stereocenters. The monoisotopic (exact) mass is 260 g/mol. The molecular weight excluding hydrogens is 236 g/mol. The van der Waals surface area contributed by atoms with E-state index in [-0.39, 0.29) is 6.04 Å². The standard InChI is InChI=1S/C12H24N2O2S/c1-2-8-14(9-11-5-6-11)17(15,16)10-12-4-3-7-13-12/h11-13H,2-10H2,1H3. The summed E-state index contributed by atoms with van der Waals surface area (Å²) in [5, 5.41) is 3.27. The Balaban J connectivity index is 1.93. The van der Waals surface area contributed by atoms with Crippen LogP contribution in [0.4, 0.5) is 0 Å². The van der Waals surface area contributed by atoms with E-state index in [1.807, 2.05) is 6.92 Å². The van der Waals surface area contributed by atoms with Crippen molar-refractivity contribution >= 4 is 10.0 Å². The van der Waals surface area contributed by atoms with Crippen LogP contribution < -0.4 is 5.32 Å². The highest BCUT2D eigenvalue weighted by Gasteiger charge is 2.32. The normalized spacial score (nSPS) is 25.6. The number of hydrogen-bond acceptors (Lipinski definition) is 3. The minimum atomic E-state index is -3.05. The molecule has 2 fully saturated rings. The summed E-state index contributed by atoms with van der Waals surface area (Å²) >= 11 is 0. The minimum absolute atomic E-state index is 0.179. The van der Waals surface area contributed by atoms with Crippen LogP contribution in [0.25, 0.3) is 0 Å². The van der Waals surface area contributed by atoms with Crippen molar-refractivity contribution in [2.24, 2.45) is 5.92 Å². The van der Waals surface area contributed by atoms with Crippen LogP contribution in [-0.4, -0.2) is 44.2 Å². The van der Waals surface area contributed by atoms with Crippen molar-refractivity contribution in [1.82, 2.24) is 9.62 Å². The third-order valence-electron chi connectivity index (χ3n) is 3.60. The molecule has 1 saturated carbocycles. The molecule has 17 heavy (non-hydrogen) atoms. The molecule has 0 spiro atoms. The zero-order valence-corrected chi connectivity index (χ0v) is 11.5. The summed E-state index contributed by atoms with van der Waals surface area (Å²) in [7, 11) is -3.05. The molecule has 0 aromatic carbocycles. The number of rotatable bonds is 7. The van der Waals surface area contributed by atoms with Gasteiger partial charge in [-0.05, 0) is 44.6 Å². The Morgan fingerprint density at radius 3 is 2.59 bits per heavy atom. The Bertz CT molecular complexity index is 332. The fraction of sp³-hybridized carbons (Fsp3) is 1.00. The average molecular weight is 260 g/mol. The number of sulfonamides is 1. The van der Waals surface area contributed by atoms with Gasteiger partial charge in [-0.3, -0.25) is 0 Å². The molecule has 0 radical (unpaired) electrons. The maximum Gasteiger partial charge on any atom is 0.215 e. The first-order valence-corrected chi connectivity index (χ1v) is 8.44. The van der Waals surface area contributed by atoms with Gasteiger partial charge in [-0.1, -0.05) is 6.92 Å². The predicted molar refractivity (Wildman–Crippen MR) is 69.4 cm³/mol. The molecule has 1 unspecified atom stereocenters. The molecule has 0 bridgehead atoms. The van der Waals surface area contributed by atoms with Crippen LogP contribution in [0.15, 0.2) is 0 Å². The Morgan fingerprint density at radius 1 is 1.29 bits per heavy atom. The van der Waals surface area contributed by atoms with E-state index in [9.17, 15) is 8.42 Å². The van der Waals surface area contributed by atoms with Gasteiger partial charge < -0.3 is 5.32 Å². The van der Waals surface area contributed by atoms with Gasteiger partial charge >= 0.3 is 0 Å². The van der Waals surface area contributed by atoms with Gasteiger partial charge in [0.15, 0.2) is 0 Å². The summed E-state index contributed by atoms with van der Waals surface area (Å²) in [4.78, 5) is 0. The van der Waals surface area contributed by atoms with Crippen molar-refractivity contribution in [3.05, 3.63) is 0 Å². The smallest absolute Gasteiger partial charge is 0.215 e. The molecule has 5 heteroatoms. The molecule has 4 nitrogen and oxygen atoms in total. The quantitative estimate of drug-likeness (QED) is 0.748. The van der Waals surface area contributed by atoms with Gasteiger partial charge in [-0.15, -0.1) is 0 Å².